The van der Waals surface area contributed by atoms with Gasteiger partial charge in [-0.05, 0) is 70.9 Å². The summed E-state index contributed by atoms with van der Waals surface area (Å²) in [4.78, 5) is 2.61. The van der Waals surface area contributed by atoms with Crippen molar-refractivity contribution in [2.75, 3.05) is 13.6 Å². The third kappa shape index (κ3) is 1.13. The van der Waals surface area contributed by atoms with Crippen LogP contribution in [0.3, 0.4) is 0 Å². The van der Waals surface area contributed by atoms with Crippen LogP contribution in [-0.4, -0.2) is 24.5 Å². The summed E-state index contributed by atoms with van der Waals surface area (Å²) in [6, 6.07) is 0.916. The first-order chi connectivity index (χ1) is 7.15. The zero-order chi connectivity index (χ0) is 10.6. The van der Waals surface area contributed by atoms with E-state index in [1.54, 1.807) is 11.1 Å². The average Bonchev–Trinajstić information content (AvgIpc) is 2.41. The summed E-state index contributed by atoms with van der Waals surface area (Å²) in [5.74, 6) is 0.994. The molecule has 0 aromatic carbocycles. The minimum absolute atomic E-state index is 0.638. The molecule has 3 aliphatic rings. The highest BCUT2D eigenvalue weighted by Crippen LogP contribution is 2.59. The van der Waals surface area contributed by atoms with Gasteiger partial charge in [0.05, 0.1) is 0 Å². The molecule has 15 heavy (non-hydrogen) atoms. The van der Waals surface area contributed by atoms with Gasteiger partial charge in [0.25, 0.3) is 0 Å². The Labute approximate surface area is 93.5 Å². The molecule has 84 valence electrons. The largest absolute Gasteiger partial charge is 0.303 e. The van der Waals surface area contributed by atoms with Crippen LogP contribution in [0.15, 0.2) is 11.1 Å². The van der Waals surface area contributed by atoms with Crippen LogP contribution in [0.4, 0.5) is 0 Å². The van der Waals surface area contributed by atoms with Crippen molar-refractivity contribution >= 4 is 0 Å². The van der Waals surface area contributed by atoms with Crippen LogP contribution >= 0.6 is 0 Å². The zero-order valence-electron chi connectivity index (χ0n) is 10.3. The zero-order valence-corrected chi connectivity index (χ0v) is 10.3. The first-order valence-corrected chi connectivity index (χ1v) is 6.52. The van der Waals surface area contributed by atoms with E-state index in [2.05, 4.69) is 25.8 Å². The predicted octanol–water partition coefficient (Wildman–Crippen LogP) is 3.22. The second-order valence-corrected chi connectivity index (χ2v) is 6.04. The van der Waals surface area contributed by atoms with Gasteiger partial charge in [-0.15, -0.1) is 0 Å². The monoisotopic (exact) mass is 205 g/mol. The maximum atomic E-state index is 2.61. The van der Waals surface area contributed by atoms with Gasteiger partial charge in [0.2, 0.25) is 0 Å². The first kappa shape index (κ1) is 9.89. The molecule has 0 radical (unpaired) electrons. The second-order valence-electron chi connectivity index (χ2n) is 6.04. The van der Waals surface area contributed by atoms with E-state index in [4.69, 9.17) is 0 Å². The molecule has 2 aliphatic carbocycles. The normalized spacial score (nSPS) is 45.8. The molecule has 0 N–H and O–H groups in total. The Hall–Kier alpha value is -0.300. The van der Waals surface area contributed by atoms with Crippen molar-refractivity contribution in [3.63, 3.8) is 0 Å². The van der Waals surface area contributed by atoms with Crippen molar-refractivity contribution in [3.05, 3.63) is 11.1 Å². The van der Waals surface area contributed by atoms with Gasteiger partial charge in [0.15, 0.2) is 0 Å². The molecule has 1 spiro atoms. The molecule has 0 unspecified atom stereocenters. The molecule has 1 aliphatic heterocycles. The number of fused-ring (bicyclic) bond motifs is 2. The molecule has 0 bridgehead atoms. The van der Waals surface area contributed by atoms with Crippen LogP contribution < -0.4 is 0 Å². The third-order valence-corrected chi connectivity index (χ3v) is 5.76. The molecule has 1 heterocycles. The van der Waals surface area contributed by atoms with E-state index in [0.29, 0.717) is 5.41 Å². The van der Waals surface area contributed by atoms with E-state index < -0.39 is 0 Å². The van der Waals surface area contributed by atoms with Crippen LogP contribution in [0.25, 0.3) is 0 Å². The molecule has 2 fully saturated rings. The Balaban J connectivity index is 1.94. The molecule has 0 aromatic rings. The summed E-state index contributed by atoms with van der Waals surface area (Å²) < 4.78 is 0. The minimum atomic E-state index is 0.638. The SMILES string of the molecule is CC1=C(C)[C@@]2(CC1)CCN(C)[C@@H]1CC[C@@H]12. The molecule has 1 heteroatoms. The molecule has 3 atom stereocenters. The number of hydrogen-bond acceptors (Lipinski definition) is 1. The highest BCUT2D eigenvalue weighted by Gasteiger charge is 2.54. The number of hydrogen-bond donors (Lipinski definition) is 0. The van der Waals surface area contributed by atoms with Crippen molar-refractivity contribution in [2.45, 2.75) is 52.0 Å². The first-order valence-electron chi connectivity index (χ1n) is 6.52. The predicted molar refractivity (Wildman–Crippen MR) is 63.8 cm³/mol. The van der Waals surface area contributed by atoms with E-state index >= 15 is 0 Å². The van der Waals surface area contributed by atoms with Gasteiger partial charge >= 0.3 is 0 Å². The lowest BCUT2D eigenvalue weighted by molar-refractivity contribution is -0.0480. The Kier molecular flexibility index (Phi) is 2.04. The second kappa shape index (κ2) is 3.10. The third-order valence-electron chi connectivity index (χ3n) is 5.76. The van der Waals surface area contributed by atoms with Gasteiger partial charge in [-0.3, -0.25) is 0 Å². The molecular weight excluding hydrogens is 182 g/mol. The van der Waals surface area contributed by atoms with Gasteiger partial charge in [0, 0.05) is 6.04 Å². The summed E-state index contributed by atoms with van der Waals surface area (Å²) in [7, 11) is 2.32. The fourth-order valence-electron chi connectivity index (χ4n) is 4.37. The number of likely N-dealkylation sites (tertiary alicyclic amines) is 1. The molecule has 0 amide bonds. The maximum absolute atomic E-state index is 2.61. The number of rotatable bonds is 0. The number of piperidine rings is 1. The van der Waals surface area contributed by atoms with E-state index in [9.17, 15) is 0 Å². The summed E-state index contributed by atoms with van der Waals surface area (Å²) in [6.45, 7) is 6.10. The van der Waals surface area contributed by atoms with Gasteiger partial charge < -0.3 is 4.90 Å². The average molecular weight is 205 g/mol. The van der Waals surface area contributed by atoms with Crippen LogP contribution in [-0.2, 0) is 0 Å². The van der Waals surface area contributed by atoms with Crippen LogP contribution in [0.1, 0.15) is 46.0 Å². The summed E-state index contributed by atoms with van der Waals surface area (Å²) in [5.41, 5.74) is 4.11. The van der Waals surface area contributed by atoms with Crippen molar-refractivity contribution < 1.29 is 0 Å². The van der Waals surface area contributed by atoms with E-state index in [1.165, 1.54) is 38.6 Å². The molecule has 1 nitrogen and oxygen atoms in total. The molecule has 1 saturated carbocycles. The lowest BCUT2D eigenvalue weighted by atomic mass is 9.55. The minimum Gasteiger partial charge on any atom is -0.303 e. The molecular formula is C14H23N. The number of allylic oxidation sites excluding steroid dienone is 2. The molecule has 1 saturated heterocycles. The van der Waals surface area contributed by atoms with Gasteiger partial charge in [0.1, 0.15) is 0 Å². The smallest absolute Gasteiger partial charge is 0.0129 e. The van der Waals surface area contributed by atoms with Crippen molar-refractivity contribution in [1.82, 2.24) is 4.90 Å². The van der Waals surface area contributed by atoms with E-state index in [-0.39, 0.29) is 0 Å². The Morgan fingerprint density at radius 3 is 2.53 bits per heavy atom. The maximum Gasteiger partial charge on any atom is 0.0129 e. The lowest BCUT2D eigenvalue weighted by Crippen LogP contribution is -2.57. The fraction of sp³-hybridized carbons (Fsp3) is 0.857. The summed E-state index contributed by atoms with van der Waals surface area (Å²) >= 11 is 0. The van der Waals surface area contributed by atoms with Crippen LogP contribution in [0.5, 0.6) is 0 Å². The van der Waals surface area contributed by atoms with Crippen molar-refractivity contribution in [2.24, 2.45) is 11.3 Å². The summed E-state index contributed by atoms with van der Waals surface area (Å²) in [6.07, 6.45) is 7.20. The topological polar surface area (TPSA) is 3.24 Å². The molecule has 0 aromatic heterocycles. The number of nitrogens with zero attached hydrogens (tertiary/aromatic N) is 1. The fourth-order valence-corrected chi connectivity index (χ4v) is 4.37. The van der Waals surface area contributed by atoms with Gasteiger partial charge in [-0.25, -0.2) is 0 Å². The highest BCUT2D eigenvalue weighted by atomic mass is 15.2. The quantitative estimate of drug-likeness (QED) is 0.549. The van der Waals surface area contributed by atoms with Gasteiger partial charge in [-0.2, -0.15) is 0 Å². The van der Waals surface area contributed by atoms with Crippen LogP contribution in [0, 0.1) is 11.3 Å². The van der Waals surface area contributed by atoms with Crippen molar-refractivity contribution in [1.29, 1.82) is 0 Å². The van der Waals surface area contributed by atoms with Crippen molar-refractivity contribution in [3.8, 4) is 0 Å². The highest BCUT2D eigenvalue weighted by molar-refractivity contribution is 5.29. The molecule has 3 rings (SSSR count). The standard InChI is InChI=1S/C14H23N/c1-10-6-7-14(11(10)2)8-9-15(3)13-5-4-12(13)14/h12-13H,4-9H2,1-3H3/t12-,13+,14+/m0/s1. The van der Waals surface area contributed by atoms with E-state index in [1.807, 2.05) is 0 Å². The Morgan fingerprint density at radius 1 is 1.20 bits per heavy atom. The Bertz CT molecular complexity index is 317. The summed E-state index contributed by atoms with van der Waals surface area (Å²) in [5, 5.41) is 0. The lowest BCUT2D eigenvalue weighted by Gasteiger charge is -2.57. The van der Waals surface area contributed by atoms with Crippen LogP contribution in [0.2, 0.25) is 0 Å². The van der Waals surface area contributed by atoms with Gasteiger partial charge in [-0.1, -0.05) is 11.1 Å². The Morgan fingerprint density at radius 2 is 2.00 bits per heavy atom. The van der Waals surface area contributed by atoms with E-state index in [0.717, 1.165) is 12.0 Å².